The van der Waals surface area contributed by atoms with Gasteiger partial charge in [-0.05, 0) is 44.4 Å². The number of hydrogen-bond acceptors (Lipinski definition) is 3. The highest BCUT2D eigenvalue weighted by molar-refractivity contribution is 5.32. The first-order valence-electron chi connectivity index (χ1n) is 6.26. The van der Waals surface area contributed by atoms with E-state index in [0.29, 0.717) is 6.54 Å². The van der Waals surface area contributed by atoms with Crippen molar-refractivity contribution in [1.29, 1.82) is 0 Å². The first-order chi connectivity index (χ1) is 8.58. The van der Waals surface area contributed by atoms with Crippen molar-refractivity contribution in [1.82, 2.24) is 10.3 Å². The molecule has 18 heavy (non-hydrogen) atoms. The summed E-state index contributed by atoms with van der Waals surface area (Å²) in [5, 5.41) is 3.37. The molecule has 1 N–H and O–H groups in total. The van der Waals surface area contributed by atoms with Crippen molar-refractivity contribution in [2.75, 3.05) is 0 Å². The van der Waals surface area contributed by atoms with E-state index in [4.69, 9.17) is 4.42 Å². The van der Waals surface area contributed by atoms with Crippen LogP contribution in [0.1, 0.15) is 34.0 Å². The molecule has 1 aromatic carbocycles. The van der Waals surface area contributed by atoms with Crippen molar-refractivity contribution in [3.63, 3.8) is 0 Å². The Morgan fingerprint density at radius 2 is 1.89 bits per heavy atom. The van der Waals surface area contributed by atoms with Crippen molar-refractivity contribution in [3.05, 3.63) is 52.2 Å². The second-order valence-electron chi connectivity index (χ2n) is 4.71. The molecule has 0 saturated heterocycles. The van der Waals surface area contributed by atoms with Gasteiger partial charge in [-0.1, -0.05) is 18.2 Å². The van der Waals surface area contributed by atoms with Crippen molar-refractivity contribution < 1.29 is 4.42 Å². The molecular weight excluding hydrogens is 224 g/mol. The minimum absolute atomic E-state index is 0.669. The smallest absolute Gasteiger partial charge is 0.208 e. The molecule has 0 amide bonds. The number of rotatable bonds is 4. The van der Waals surface area contributed by atoms with Gasteiger partial charge in [-0.3, -0.25) is 0 Å². The highest BCUT2D eigenvalue weighted by Gasteiger charge is 2.05. The first-order valence-corrected chi connectivity index (χ1v) is 6.26. The fourth-order valence-electron chi connectivity index (χ4n) is 1.92. The zero-order valence-electron chi connectivity index (χ0n) is 11.5. The Morgan fingerprint density at radius 1 is 1.11 bits per heavy atom. The predicted octanol–water partition coefficient (Wildman–Crippen LogP) is 3.20. The van der Waals surface area contributed by atoms with E-state index in [1.807, 2.05) is 13.8 Å². The fourth-order valence-corrected chi connectivity index (χ4v) is 1.92. The van der Waals surface area contributed by atoms with E-state index in [2.05, 4.69) is 42.3 Å². The molecular formula is C15H20N2O. The third-order valence-corrected chi connectivity index (χ3v) is 3.38. The molecule has 0 aliphatic rings. The van der Waals surface area contributed by atoms with Gasteiger partial charge >= 0.3 is 0 Å². The molecule has 0 fully saturated rings. The van der Waals surface area contributed by atoms with Crippen LogP contribution in [0.15, 0.2) is 22.6 Å². The average Bonchev–Trinajstić information content (AvgIpc) is 2.64. The van der Waals surface area contributed by atoms with Crippen LogP contribution in [0.25, 0.3) is 0 Å². The minimum atomic E-state index is 0.669. The lowest BCUT2D eigenvalue weighted by Crippen LogP contribution is -2.14. The molecule has 0 saturated carbocycles. The molecule has 0 unspecified atom stereocenters. The van der Waals surface area contributed by atoms with E-state index in [1.54, 1.807) is 0 Å². The SMILES string of the molecule is Cc1cccc(CNCc2nc(C)c(C)o2)c1C. The lowest BCUT2D eigenvalue weighted by molar-refractivity contribution is 0.448. The summed E-state index contributed by atoms with van der Waals surface area (Å²) in [6.45, 7) is 9.71. The molecule has 3 heteroatoms. The number of aryl methyl sites for hydroxylation is 3. The Balaban J connectivity index is 1.94. The van der Waals surface area contributed by atoms with Crippen LogP contribution in [-0.4, -0.2) is 4.98 Å². The predicted molar refractivity (Wildman–Crippen MR) is 72.4 cm³/mol. The molecule has 0 atom stereocenters. The van der Waals surface area contributed by atoms with Gasteiger partial charge in [0.25, 0.3) is 0 Å². The maximum absolute atomic E-state index is 5.53. The standard InChI is InChI=1S/C15H20N2O/c1-10-6-5-7-14(11(10)2)8-16-9-15-17-12(3)13(4)18-15/h5-7,16H,8-9H2,1-4H3. The molecule has 0 spiro atoms. The monoisotopic (exact) mass is 244 g/mol. The van der Waals surface area contributed by atoms with E-state index < -0.39 is 0 Å². The van der Waals surface area contributed by atoms with Crippen molar-refractivity contribution in [2.45, 2.75) is 40.8 Å². The highest BCUT2D eigenvalue weighted by atomic mass is 16.4. The summed E-state index contributed by atoms with van der Waals surface area (Å²) >= 11 is 0. The lowest BCUT2D eigenvalue weighted by atomic mass is 10.0. The van der Waals surface area contributed by atoms with Crippen LogP contribution in [0.3, 0.4) is 0 Å². The van der Waals surface area contributed by atoms with Crippen LogP contribution in [0.4, 0.5) is 0 Å². The lowest BCUT2D eigenvalue weighted by Gasteiger charge is -2.08. The average molecular weight is 244 g/mol. The summed E-state index contributed by atoms with van der Waals surface area (Å²) < 4.78 is 5.53. The molecule has 3 nitrogen and oxygen atoms in total. The molecule has 1 heterocycles. The van der Waals surface area contributed by atoms with E-state index in [-0.39, 0.29) is 0 Å². The second kappa shape index (κ2) is 5.36. The molecule has 0 radical (unpaired) electrons. The van der Waals surface area contributed by atoms with Crippen LogP contribution in [0.5, 0.6) is 0 Å². The van der Waals surface area contributed by atoms with E-state index in [9.17, 15) is 0 Å². The van der Waals surface area contributed by atoms with Crippen LogP contribution < -0.4 is 5.32 Å². The van der Waals surface area contributed by atoms with Gasteiger partial charge in [0, 0.05) is 6.54 Å². The van der Waals surface area contributed by atoms with Crippen molar-refractivity contribution in [2.24, 2.45) is 0 Å². The molecule has 1 aromatic heterocycles. The van der Waals surface area contributed by atoms with Crippen molar-refractivity contribution >= 4 is 0 Å². The zero-order chi connectivity index (χ0) is 13.1. The van der Waals surface area contributed by atoms with E-state index in [1.165, 1.54) is 16.7 Å². The summed E-state index contributed by atoms with van der Waals surface area (Å²) in [5.41, 5.74) is 4.98. The zero-order valence-corrected chi connectivity index (χ0v) is 11.5. The molecule has 0 aliphatic carbocycles. The van der Waals surface area contributed by atoms with Gasteiger partial charge in [-0.2, -0.15) is 0 Å². The van der Waals surface area contributed by atoms with Gasteiger partial charge in [-0.15, -0.1) is 0 Å². The Bertz CT molecular complexity index is 524. The van der Waals surface area contributed by atoms with Crippen LogP contribution in [-0.2, 0) is 13.1 Å². The van der Waals surface area contributed by atoms with Gasteiger partial charge in [0.1, 0.15) is 5.76 Å². The maximum Gasteiger partial charge on any atom is 0.208 e. The Labute approximate surface area is 108 Å². The van der Waals surface area contributed by atoms with E-state index in [0.717, 1.165) is 23.9 Å². The molecule has 0 bridgehead atoms. The van der Waals surface area contributed by atoms with Crippen LogP contribution in [0, 0.1) is 27.7 Å². The number of hydrogen-bond donors (Lipinski definition) is 1. The largest absolute Gasteiger partial charge is 0.444 e. The van der Waals surface area contributed by atoms with Gasteiger partial charge < -0.3 is 9.73 Å². The van der Waals surface area contributed by atoms with Gasteiger partial charge in [-0.25, -0.2) is 4.98 Å². The van der Waals surface area contributed by atoms with Crippen LogP contribution >= 0.6 is 0 Å². The number of nitrogens with one attached hydrogen (secondary N) is 1. The number of aromatic nitrogens is 1. The first kappa shape index (κ1) is 12.8. The normalized spacial score (nSPS) is 10.9. The summed E-state index contributed by atoms with van der Waals surface area (Å²) in [6.07, 6.45) is 0. The van der Waals surface area contributed by atoms with Gasteiger partial charge in [0.2, 0.25) is 5.89 Å². The molecule has 2 aromatic rings. The summed E-state index contributed by atoms with van der Waals surface area (Å²) in [7, 11) is 0. The summed E-state index contributed by atoms with van der Waals surface area (Å²) in [5.74, 6) is 1.66. The molecule has 96 valence electrons. The fraction of sp³-hybridized carbons (Fsp3) is 0.400. The number of oxazole rings is 1. The van der Waals surface area contributed by atoms with E-state index >= 15 is 0 Å². The Hall–Kier alpha value is -1.61. The topological polar surface area (TPSA) is 38.1 Å². The summed E-state index contributed by atoms with van der Waals surface area (Å²) in [4.78, 5) is 4.35. The van der Waals surface area contributed by atoms with Gasteiger partial charge in [0.05, 0.1) is 12.2 Å². The van der Waals surface area contributed by atoms with Crippen LogP contribution in [0.2, 0.25) is 0 Å². The maximum atomic E-state index is 5.53. The Morgan fingerprint density at radius 3 is 2.56 bits per heavy atom. The highest BCUT2D eigenvalue weighted by Crippen LogP contribution is 2.13. The third kappa shape index (κ3) is 2.79. The van der Waals surface area contributed by atoms with Crippen molar-refractivity contribution in [3.8, 4) is 0 Å². The summed E-state index contributed by atoms with van der Waals surface area (Å²) in [6, 6.07) is 6.39. The Kier molecular flexibility index (Phi) is 3.82. The quantitative estimate of drug-likeness (QED) is 0.897. The molecule has 2 rings (SSSR count). The van der Waals surface area contributed by atoms with Gasteiger partial charge in [0.15, 0.2) is 0 Å². The minimum Gasteiger partial charge on any atom is -0.444 e. The molecule has 0 aliphatic heterocycles. The number of nitrogens with zero attached hydrogens (tertiary/aromatic N) is 1. The third-order valence-electron chi connectivity index (χ3n) is 3.38. The number of benzene rings is 1. The second-order valence-corrected chi connectivity index (χ2v) is 4.71.